The van der Waals surface area contributed by atoms with Gasteiger partial charge in [0.1, 0.15) is 24.2 Å². The van der Waals surface area contributed by atoms with Crippen LogP contribution in [0.5, 0.6) is 5.75 Å². The van der Waals surface area contributed by atoms with Gasteiger partial charge in [0, 0.05) is 23.1 Å². The molecule has 0 heterocycles. The molecule has 3 rings (SSSR count). The molecule has 8 nitrogen and oxygen atoms in total. The van der Waals surface area contributed by atoms with Gasteiger partial charge in [-0.25, -0.2) is 12.8 Å². The van der Waals surface area contributed by atoms with Gasteiger partial charge in [0.2, 0.25) is 11.8 Å². The number of amides is 2. The summed E-state index contributed by atoms with van der Waals surface area (Å²) < 4.78 is 48.1. The zero-order valence-electron chi connectivity index (χ0n) is 24.5. The van der Waals surface area contributed by atoms with E-state index in [1.807, 2.05) is 20.8 Å². The van der Waals surface area contributed by atoms with Crippen molar-refractivity contribution in [3.63, 3.8) is 0 Å². The smallest absolute Gasteiger partial charge is 0.264 e. The van der Waals surface area contributed by atoms with Crippen molar-refractivity contribution >= 4 is 50.7 Å². The van der Waals surface area contributed by atoms with E-state index in [4.69, 9.17) is 27.9 Å². The fourth-order valence-electron chi connectivity index (χ4n) is 4.31. The van der Waals surface area contributed by atoms with Gasteiger partial charge in [0.15, 0.2) is 0 Å². The first-order valence-corrected chi connectivity index (χ1v) is 16.1. The van der Waals surface area contributed by atoms with Crippen LogP contribution in [0.1, 0.15) is 39.7 Å². The lowest BCUT2D eigenvalue weighted by Gasteiger charge is -2.33. The maximum absolute atomic E-state index is 14.1. The summed E-state index contributed by atoms with van der Waals surface area (Å²) in [5.41, 5.74) is 0.600. The fourth-order valence-corrected chi connectivity index (χ4v) is 6.20. The number of anilines is 1. The summed E-state index contributed by atoms with van der Waals surface area (Å²) in [5, 5.41) is 3.56. The highest BCUT2D eigenvalue weighted by molar-refractivity contribution is 7.92. The monoisotopic (exact) mass is 651 g/mol. The SMILES string of the molecule is CCOc1ccc(S(=O)(=O)N(CC(=O)N(Cc2ccc(Cl)cc2Cl)C(CC)C(=O)NCC(C)C)c2ccc(F)cc2)cc1. The predicted octanol–water partition coefficient (Wildman–Crippen LogP) is 6.31. The van der Waals surface area contributed by atoms with Gasteiger partial charge >= 0.3 is 0 Å². The third-order valence-corrected chi connectivity index (χ3v) is 8.92. The van der Waals surface area contributed by atoms with Crippen LogP contribution in [0.3, 0.4) is 0 Å². The Labute approximate surface area is 262 Å². The number of carbonyl (C=O) groups is 2. The molecule has 0 aliphatic heterocycles. The Morgan fingerprint density at radius 1 is 0.977 bits per heavy atom. The Morgan fingerprint density at radius 2 is 1.63 bits per heavy atom. The summed E-state index contributed by atoms with van der Waals surface area (Å²) in [4.78, 5) is 28.6. The van der Waals surface area contributed by atoms with Gasteiger partial charge in [-0.05, 0) is 85.5 Å². The van der Waals surface area contributed by atoms with Gasteiger partial charge in [-0.1, -0.05) is 50.0 Å². The zero-order chi connectivity index (χ0) is 31.7. The standard InChI is InChI=1S/C31H36Cl2FN3O5S/c1-5-29(31(39)35-18-21(3)4)36(19-22-7-8-23(32)17-28(22)33)30(38)20-37(25-11-9-24(34)10-12-25)43(40,41)27-15-13-26(14-16-27)42-6-2/h7-17,21,29H,5-6,18-20H2,1-4H3,(H,35,39). The number of halogens is 3. The molecule has 0 aliphatic carbocycles. The summed E-state index contributed by atoms with van der Waals surface area (Å²) in [7, 11) is -4.32. The van der Waals surface area contributed by atoms with E-state index in [-0.39, 0.29) is 35.4 Å². The topological polar surface area (TPSA) is 96.0 Å². The molecule has 0 bridgehead atoms. The lowest BCUT2D eigenvalue weighted by Crippen LogP contribution is -2.52. The Kier molecular flexibility index (Phi) is 12.2. The predicted molar refractivity (Wildman–Crippen MR) is 167 cm³/mol. The minimum atomic E-state index is -4.32. The van der Waals surface area contributed by atoms with E-state index in [9.17, 15) is 22.4 Å². The molecule has 3 aromatic carbocycles. The van der Waals surface area contributed by atoms with E-state index in [2.05, 4.69) is 5.32 Å². The first-order valence-electron chi connectivity index (χ1n) is 13.9. The van der Waals surface area contributed by atoms with Crippen LogP contribution in [-0.2, 0) is 26.2 Å². The molecule has 1 N–H and O–H groups in total. The number of hydrogen-bond acceptors (Lipinski definition) is 5. The maximum atomic E-state index is 14.1. The van der Waals surface area contributed by atoms with Crippen LogP contribution in [0, 0.1) is 11.7 Å². The third-order valence-electron chi connectivity index (χ3n) is 6.54. The molecule has 1 atom stereocenters. The van der Waals surface area contributed by atoms with Crippen LogP contribution in [0.2, 0.25) is 10.0 Å². The van der Waals surface area contributed by atoms with Crippen molar-refractivity contribution in [2.24, 2.45) is 5.92 Å². The Bertz CT molecular complexity index is 1500. The molecule has 3 aromatic rings. The molecule has 43 heavy (non-hydrogen) atoms. The molecular weight excluding hydrogens is 616 g/mol. The van der Waals surface area contributed by atoms with Crippen molar-refractivity contribution in [2.45, 2.75) is 51.6 Å². The molecule has 0 saturated heterocycles. The lowest BCUT2D eigenvalue weighted by atomic mass is 10.1. The lowest BCUT2D eigenvalue weighted by molar-refractivity contribution is -0.140. The van der Waals surface area contributed by atoms with Gasteiger partial charge in [0.05, 0.1) is 17.2 Å². The van der Waals surface area contributed by atoms with Gasteiger partial charge in [-0.15, -0.1) is 0 Å². The van der Waals surface area contributed by atoms with Crippen LogP contribution < -0.4 is 14.4 Å². The normalized spacial score (nSPS) is 12.1. The maximum Gasteiger partial charge on any atom is 0.264 e. The summed E-state index contributed by atoms with van der Waals surface area (Å²) in [6.45, 7) is 7.52. The van der Waals surface area contributed by atoms with Crippen molar-refractivity contribution in [2.75, 3.05) is 24.0 Å². The van der Waals surface area contributed by atoms with Crippen molar-refractivity contribution < 1.29 is 27.1 Å². The number of hydrogen-bond donors (Lipinski definition) is 1. The van der Waals surface area contributed by atoms with Crippen LogP contribution in [-0.4, -0.2) is 50.9 Å². The average molecular weight is 653 g/mol. The highest BCUT2D eigenvalue weighted by atomic mass is 35.5. The van der Waals surface area contributed by atoms with Crippen molar-refractivity contribution in [3.8, 4) is 5.75 Å². The minimum Gasteiger partial charge on any atom is -0.494 e. The van der Waals surface area contributed by atoms with E-state index >= 15 is 0 Å². The van der Waals surface area contributed by atoms with E-state index < -0.39 is 34.3 Å². The van der Waals surface area contributed by atoms with Gasteiger partial charge in [0.25, 0.3) is 10.0 Å². The molecule has 0 radical (unpaired) electrons. The van der Waals surface area contributed by atoms with Crippen molar-refractivity contribution in [1.82, 2.24) is 10.2 Å². The molecule has 0 spiro atoms. The molecule has 2 amide bonds. The summed E-state index contributed by atoms with van der Waals surface area (Å²) in [6, 6.07) is 14.4. The van der Waals surface area contributed by atoms with E-state index in [1.165, 1.54) is 47.4 Å². The molecular formula is C31H36Cl2FN3O5S. The van der Waals surface area contributed by atoms with Gasteiger partial charge in [-0.3, -0.25) is 13.9 Å². The molecule has 232 valence electrons. The third kappa shape index (κ3) is 9.08. The molecule has 0 fully saturated rings. The number of sulfonamides is 1. The molecule has 1 unspecified atom stereocenters. The first kappa shape index (κ1) is 34.2. The highest BCUT2D eigenvalue weighted by Crippen LogP contribution is 2.28. The fraction of sp³-hybridized carbons (Fsp3) is 0.355. The minimum absolute atomic E-state index is 0.0745. The van der Waals surface area contributed by atoms with Crippen molar-refractivity contribution in [1.29, 1.82) is 0 Å². The number of nitrogens with one attached hydrogen (secondary N) is 1. The number of benzene rings is 3. The number of carbonyl (C=O) groups excluding carboxylic acids is 2. The molecule has 0 saturated carbocycles. The summed E-state index contributed by atoms with van der Waals surface area (Å²) in [6.07, 6.45) is 0.253. The summed E-state index contributed by atoms with van der Waals surface area (Å²) in [5.74, 6) is -0.950. The quantitative estimate of drug-likeness (QED) is 0.221. The van der Waals surface area contributed by atoms with Crippen LogP contribution >= 0.6 is 23.2 Å². The van der Waals surface area contributed by atoms with Crippen LogP contribution in [0.4, 0.5) is 10.1 Å². The van der Waals surface area contributed by atoms with Gasteiger partial charge < -0.3 is 15.0 Å². The molecule has 0 aromatic heterocycles. The Hall–Kier alpha value is -3.34. The average Bonchev–Trinajstić information content (AvgIpc) is 2.96. The number of ether oxygens (including phenoxy) is 1. The largest absolute Gasteiger partial charge is 0.494 e. The number of nitrogens with zero attached hydrogens (tertiary/aromatic N) is 2. The van der Waals surface area contributed by atoms with Crippen molar-refractivity contribution in [3.05, 3.63) is 88.2 Å². The second-order valence-corrected chi connectivity index (χ2v) is 12.9. The zero-order valence-corrected chi connectivity index (χ0v) is 26.8. The Morgan fingerprint density at radius 3 is 2.19 bits per heavy atom. The highest BCUT2D eigenvalue weighted by Gasteiger charge is 2.34. The van der Waals surface area contributed by atoms with Crippen LogP contribution in [0.25, 0.3) is 0 Å². The van der Waals surface area contributed by atoms with E-state index in [0.29, 0.717) is 34.5 Å². The van der Waals surface area contributed by atoms with E-state index in [0.717, 1.165) is 16.4 Å². The second-order valence-electron chi connectivity index (χ2n) is 10.2. The first-order chi connectivity index (χ1) is 20.4. The second kappa shape index (κ2) is 15.4. The number of rotatable bonds is 14. The van der Waals surface area contributed by atoms with Crippen LogP contribution in [0.15, 0.2) is 71.6 Å². The Balaban J connectivity index is 2.06. The molecule has 0 aliphatic rings. The van der Waals surface area contributed by atoms with Gasteiger partial charge in [-0.2, -0.15) is 0 Å². The summed E-state index contributed by atoms with van der Waals surface area (Å²) >= 11 is 12.5. The molecule has 12 heteroatoms. The van der Waals surface area contributed by atoms with E-state index in [1.54, 1.807) is 19.1 Å².